The third kappa shape index (κ3) is 2.84. The van der Waals surface area contributed by atoms with Gasteiger partial charge in [-0.15, -0.1) is 11.8 Å². The van der Waals surface area contributed by atoms with Gasteiger partial charge in [-0.2, -0.15) is 0 Å². The van der Waals surface area contributed by atoms with Crippen LogP contribution in [-0.4, -0.2) is 17.0 Å². The number of aliphatic hydroxyl groups is 1. The zero-order valence-electron chi connectivity index (χ0n) is 11.5. The molecule has 1 aliphatic heterocycles. The molecule has 0 bridgehead atoms. The van der Waals surface area contributed by atoms with E-state index >= 15 is 0 Å². The highest BCUT2D eigenvalue weighted by molar-refractivity contribution is 8.00. The number of benzene rings is 2. The molecule has 0 aliphatic carbocycles. The first-order valence-corrected chi connectivity index (χ1v) is 7.76. The van der Waals surface area contributed by atoms with Gasteiger partial charge >= 0.3 is 0 Å². The maximum Gasteiger partial charge on any atom is 0.125 e. The summed E-state index contributed by atoms with van der Waals surface area (Å²) in [6, 6.07) is 16.2. The monoisotopic (exact) mass is 286 g/mol. The molecule has 1 aliphatic rings. The number of fused-ring (bicyclic) bond motifs is 1. The van der Waals surface area contributed by atoms with E-state index in [0.29, 0.717) is 11.9 Å². The number of ether oxygens (including phenoxy) is 1. The molecule has 2 aromatic carbocycles. The van der Waals surface area contributed by atoms with Crippen LogP contribution in [0.3, 0.4) is 0 Å². The van der Waals surface area contributed by atoms with Crippen molar-refractivity contribution in [3.63, 3.8) is 0 Å². The summed E-state index contributed by atoms with van der Waals surface area (Å²) >= 11 is 1.88. The molecular formula is C17H18O2S. The summed E-state index contributed by atoms with van der Waals surface area (Å²) in [7, 11) is 0. The van der Waals surface area contributed by atoms with E-state index < -0.39 is 6.10 Å². The zero-order valence-corrected chi connectivity index (χ0v) is 12.3. The minimum atomic E-state index is -0.500. The molecular weight excluding hydrogens is 268 g/mol. The van der Waals surface area contributed by atoms with Crippen LogP contribution in [0.25, 0.3) is 0 Å². The molecule has 0 amide bonds. The van der Waals surface area contributed by atoms with E-state index in [0.717, 1.165) is 17.7 Å². The molecule has 3 heteroatoms. The first-order valence-electron chi connectivity index (χ1n) is 6.88. The van der Waals surface area contributed by atoms with Gasteiger partial charge in [-0.3, -0.25) is 0 Å². The van der Waals surface area contributed by atoms with Crippen molar-refractivity contribution in [2.45, 2.75) is 29.6 Å². The lowest BCUT2D eigenvalue weighted by atomic mass is 10.1. The lowest BCUT2D eigenvalue weighted by Crippen LogP contribution is -2.14. The number of para-hydroxylation sites is 1. The first kappa shape index (κ1) is 13.5. The van der Waals surface area contributed by atoms with Crippen LogP contribution in [0, 0.1) is 0 Å². The molecule has 0 saturated heterocycles. The van der Waals surface area contributed by atoms with E-state index in [1.807, 2.05) is 36.0 Å². The fraction of sp³-hybridized carbons (Fsp3) is 0.294. The fourth-order valence-corrected chi connectivity index (χ4v) is 3.70. The van der Waals surface area contributed by atoms with Crippen molar-refractivity contribution in [2.24, 2.45) is 0 Å². The molecule has 1 heterocycles. The van der Waals surface area contributed by atoms with Gasteiger partial charge in [0.2, 0.25) is 0 Å². The molecule has 104 valence electrons. The third-order valence-electron chi connectivity index (χ3n) is 3.51. The quantitative estimate of drug-likeness (QED) is 0.926. The molecule has 0 fully saturated rings. The van der Waals surface area contributed by atoms with Gasteiger partial charge in [-0.05, 0) is 31.0 Å². The van der Waals surface area contributed by atoms with E-state index in [1.165, 1.54) is 10.5 Å². The van der Waals surface area contributed by atoms with E-state index in [4.69, 9.17) is 4.74 Å². The van der Waals surface area contributed by atoms with Crippen LogP contribution in [0.2, 0.25) is 0 Å². The van der Waals surface area contributed by atoms with E-state index in [2.05, 4.69) is 24.3 Å². The molecule has 2 aromatic rings. The van der Waals surface area contributed by atoms with E-state index in [9.17, 15) is 5.11 Å². The summed E-state index contributed by atoms with van der Waals surface area (Å²) in [5, 5.41) is 10.2. The van der Waals surface area contributed by atoms with Crippen LogP contribution >= 0.6 is 11.8 Å². The largest absolute Gasteiger partial charge is 0.492 e. The molecule has 3 rings (SSSR count). The average molecular weight is 286 g/mol. The average Bonchev–Trinajstić information content (AvgIpc) is 2.88. The number of hydrogen-bond donors (Lipinski definition) is 1. The number of thioether (sulfide) groups is 1. The summed E-state index contributed by atoms with van der Waals surface area (Å²) in [6.07, 6.45) is 0.553. The lowest BCUT2D eigenvalue weighted by molar-refractivity contribution is 0.191. The van der Waals surface area contributed by atoms with Crippen LogP contribution in [0.1, 0.15) is 24.2 Å². The van der Waals surface area contributed by atoms with E-state index in [1.54, 1.807) is 6.92 Å². The lowest BCUT2D eigenvalue weighted by Gasteiger charge is -2.15. The van der Waals surface area contributed by atoms with Gasteiger partial charge in [0.15, 0.2) is 0 Å². The number of hydrogen-bond acceptors (Lipinski definition) is 3. The van der Waals surface area contributed by atoms with Crippen molar-refractivity contribution >= 4 is 11.8 Å². The Morgan fingerprint density at radius 3 is 2.75 bits per heavy atom. The van der Waals surface area contributed by atoms with Gasteiger partial charge in [0, 0.05) is 15.7 Å². The minimum absolute atomic E-state index is 0.453. The Hall–Kier alpha value is -1.45. The summed E-state index contributed by atoms with van der Waals surface area (Å²) in [5.74, 6) is 0.791. The van der Waals surface area contributed by atoms with Gasteiger partial charge < -0.3 is 9.84 Å². The first-order chi connectivity index (χ1) is 9.74. The van der Waals surface area contributed by atoms with Crippen LogP contribution in [-0.2, 0) is 6.42 Å². The highest BCUT2D eigenvalue weighted by Crippen LogP contribution is 2.37. The van der Waals surface area contributed by atoms with Crippen LogP contribution < -0.4 is 4.74 Å². The second kappa shape index (κ2) is 5.90. The standard InChI is InChI=1S/C17H18O2S/c1-12(18)15-7-3-4-8-16(15)19-11-14-10-13-6-2-5-9-17(13)20-14/h2-9,12,14,18H,10-11H2,1H3. The van der Waals surface area contributed by atoms with Gasteiger partial charge in [0.05, 0.1) is 6.10 Å². The highest BCUT2D eigenvalue weighted by Gasteiger charge is 2.22. The predicted octanol–water partition coefficient (Wildman–Crippen LogP) is 3.84. The second-order valence-corrected chi connectivity index (χ2v) is 6.42. The maximum absolute atomic E-state index is 9.75. The number of aliphatic hydroxyl groups excluding tert-OH is 1. The molecule has 0 radical (unpaired) electrons. The Kier molecular flexibility index (Phi) is 3.99. The zero-order chi connectivity index (χ0) is 13.9. The SMILES string of the molecule is CC(O)c1ccccc1OCC1Cc2ccccc2S1. The molecule has 0 saturated carbocycles. The third-order valence-corrected chi connectivity index (χ3v) is 4.80. The van der Waals surface area contributed by atoms with Crippen molar-refractivity contribution in [3.05, 3.63) is 59.7 Å². The van der Waals surface area contributed by atoms with Gasteiger partial charge in [0.1, 0.15) is 12.4 Å². The highest BCUT2D eigenvalue weighted by atomic mass is 32.2. The summed E-state index contributed by atoms with van der Waals surface area (Å²) < 4.78 is 5.93. The summed E-state index contributed by atoms with van der Waals surface area (Å²) in [4.78, 5) is 1.37. The molecule has 2 atom stereocenters. The van der Waals surface area contributed by atoms with Crippen molar-refractivity contribution in [1.29, 1.82) is 0 Å². The normalized spacial score (nSPS) is 18.6. The Labute approximate surface area is 123 Å². The molecule has 0 aromatic heterocycles. The van der Waals surface area contributed by atoms with E-state index in [-0.39, 0.29) is 0 Å². The van der Waals surface area contributed by atoms with Gasteiger partial charge in [0.25, 0.3) is 0 Å². The maximum atomic E-state index is 9.75. The Balaban J connectivity index is 1.65. The Bertz CT molecular complexity index is 570. The predicted molar refractivity (Wildman–Crippen MR) is 82.4 cm³/mol. The van der Waals surface area contributed by atoms with Crippen LogP contribution in [0.4, 0.5) is 0 Å². The van der Waals surface area contributed by atoms with Gasteiger partial charge in [-0.25, -0.2) is 0 Å². The van der Waals surface area contributed by atoms with Crippen molar-refractivity contribution in [2.75, 3.05) is 6.61 Å². The molecule has 2 nitrogen and oxygen atoms in total. The molecule has 2 unspecified atom stereocenters. The Morgan fingerprint density at radius 2 is 1.95 bits per heavy atom. The molecule has 20 heavy (non-hydrogen) atoms. The van der Waals surface area contributed by atoms with Crippen LogP contribution in [0.15, 0.2) is 53.4 Å². The molecule has 0 spiro atoms. The second-order valence-electron chi connectivity index (χ2n) is 5.08. The van der Waals surface area contributed by atoms with Crippen molar-refractivity contribution < 1.29 is 9.84 Å². The van der Waals surface area contributed by atoms with Crippen molar-refractivity contribution in [3.8, 4) is 5.75 Å². The molecule has 1 N–H and O–H groups in total. The van der Waals surface area contributed by atoms with Crippen LogP contribution in [0.5, 0.6) is 5.75 Å². The minimum Gasteiger partial charge on any atom is -0.492 e. The number of rotatable bonds is 4. The van der Waals surface area contributed by atoms with Gasteiger partial charge in [-0.1, -0.05) is 36.4 Å². The fourth-order valence-electron chi connectivity index (χ4n) is 2.49. The van der Waals surface area contributed by atoms with Crippen molar-refractivity contribution in [1.82, 2.24) is 0 Å². The summed E-state index contributed by atoms with van der Waals surface area (Å²) in [6.45, 7) is 2.44. The summed E-state index contributed by atoms with van der Waals surface area (Å²) in [5.41, 5.74) is 2.27. The topological polar surface area (TPSA) is 29.5 Å². The smallest absolute Gasteiger partial charge is 0.125 e. The Morgan fingerprint density at radius 1 is 1.20 bits per heavy atom.